The summed E-state index contributed by atoms with van der Waals surface area (Å²) in [6.45, 7) is 0. The Bertz CT molecular complexity index is 355. The van der Waals surface area contributed by atoms with Crippen LogP contribution in [0.25, 0.3) is 5.65 Å². The van der Waals surface area contributed by atoms with Crippen LogP contribution in [0.4, 0.5) is 0 Å². The average Bonchev–Trinajstić information content (AvgIpc) is 2.36. The van der Waals surface area contributed by atoms with E-state index < -0.39 is 0 Å². The van der Waals surface area contributed by atoms with Crippen LogP contribution in [0.2, 0.25) is 0 Å². The lowest BCUT2D eigenvalue weighted by Crippen LogP contribution is -1.85. The van der Waals surface area contributed by atoms with E-state index >= 15 is 0 Å². The van der Waals surface area contributed by atoms with Crippen LogP contribution in [-0.4, -0.2) is 14.4 Å². The summed E-state index contributed by atoms with van der Waals surface area (Å²) in [5.41, 5.74) is 0.846. The second-order valence-electron chi connectivity index (χ2n) is 1.94. The van der Waals surface area contributed by atoms with E-state index in [1.54, 1.807) is 18.7 Å². The number of nitrogens with zero attached hydrogens (tertiary/aromatic N) is 3. The van der Waals surface area contributed by atoms with E-state index in [9.17, 15) is 0 Å². The van der Waals surface area contributed by atoms with Gasteiger partial charge in [0.05, 0.1) is 4.90 Å². The molecule has 0 aliphatic carbocycles. The number of imidazole rings is 1. The van der Waals surface area contributed by atoms with Gasteiger partial charge in [-0.1, -0.05) is 0 Å². The van der Waals surface area contributed by atoms with Gasteiger partial charge in [0, 0.05) is 18.6 Å². The van der Waals surface area contributed by atoms with Crippen molar-refractivity contribution in [3.05, 3.63) is 24.9 Å². The maximum Gasteiger partial charge on any atom is 0.152 e. The van der Waals surface area contributed by atoms with Crippen molar-refractivity contribution in [3.8, 4) is 0 Å². The highest BCUT2D eigenvalue weighted by Gasteiger charge is 1.95. The fraction of sp³-hybridized carbons (Fsp3) is 0. The van der Waals surface area contributed by atoms with Gasteiger partial charge in [0.2, 0.25) is 0 Å². The molecule has 10 heavy (non-hydrogen) atoms. The summed E-state index contributed by atoms with van der Waals surface area (Å²) in [6, 6.07) is 0. The Kier molecular flexibility index (Phi) is 1.14. The van der Waals surface area contributed by atoms with Gasteiger partial charge in [-0.25, -0.2) is 9.97 Å². The molecule has 3 nitrogen and oxygen atoms in total. The molecule has 2 aromatic heterocycles. The summed E-state index contributed by atoms with van der Waals surface area (Å²) in [7, 11) is 0. The van der Waals surface area contributed by atoms with Crippen molar-refractivity contribution in [2.75, 3.05) is 0 Å². The maximum atomic E-state index is 4.17. The summed E-state index contributed by atoms with van der Waals surface area (Å²) >= 11 is 4.17. The summed E-state index contributed by atoms with van der Waals surface area (Å²) < 4.78 is 1.82. The zero-order chi connectivity index (χ0) is 6.97. The molecule has 2 heterocycles. The Balaban J connectivity index is 2.95. The van der Waals surface area contributed by atoms with Crippen molar-refractivity contribution >= 4 is 18.3 Å². The molecule has 2 rings (SSSR count). The van der Waals surface area contributed by atoms with E-state index in [-0.39, 0.29) is 0 Å². The monoisotopic (exact) mass is 151 g/mol. The van der Waals surface area contributed by atoms with Gasteiger partial charge in [-0.3, -0.25) is 4.40 Å². The lowest BCUT2D eigenvalue weighted by atomic mass is 10.6. The van der Waals surface area contributed by atoms with Gasteiger partial charge in [-0.05, 0) is 0 Å². The third kappa shape index (κ3) is 0.690. The molecular formula is C6H5N3S. The van der Waals surface area contributed by atoms with Gasteiger partial charge < -0.3 is 0 Å². The molecule has 0 saturated carbocycles. The highest BCUT2D eigenvalue weighted by molar-refractivity contribution is 7.80. The lowest BCUT2D eigenvalue weighted by Gasteiger charge is -1.92. The number of fused-ring (bicyclic) bond motifs is 1. The van der Waals surface area contributed by atoms with Crippen LogP contribution in [0, 0.1) is 0 Å². The first kappa shape index (κ1) is 5.73. The van der Waals surface area contributed by atoms with Crippen LogP contribution < -0.4 is 0 Å². The largest absolute Gasteiger partial charge is 0.290 e. The Labute approximate surface area is 63.1 Å². The van der Waals surface area contributed by atoms with Crippen LogP contribution in [0.5, 0.6) is 0 Å². The first-order valence-electron chi connectivity index (χ1n) is 2.83. The second kappa shape index (κ2) is 1.98. The van der Waals surface area contributed by atoms with Gasteiger partial charge in [-0.2, -0.15) is 0 Å². The third-order valence-electron chi connectivity index (χ3n) is 1.29. The van der Waals surface area contributed by atoms with E-state index in [2.05, 4.69) is 22.6 Å². The molecule has 0 bridgehead atoms. The zero-order valence-corrected chi connectivity index (χ0v) is 5.99. The van der Waals surface area contributed by atoms with Gasteiger partial charge >= 0.3 is 0 Å². The minimum atomic E-state index is 0.799. The van der Waals surface area contributed by atoms with E-state index in [0.29, 0.717) is 0 Å². The number of rotatable bonds is 0. The predicted octanol–water partition coefficient (Wildman–Crippen LogP) is 1.02. The van der Waals surface area contributed by atoms with Gasteiger partial charge in [-0.15, -0.1) is 12.6 Å². The van der Waals surface area contributed by atoms with Gasteiger partial charge in [0.25, 0.3) is 0 Å². The normalized spacial score (nSPS) is 10.5. The molecule has 0 unspecified atom stereocenters. The van der Waals surface area contributed by atoms with Gasteiger partial charge in [0.1, 0.15) is 6.33 Å². The minimum absolute atomic E-state index is 0.799. The predicted molar refractivity (Wildman–Crippen MR) is 40.2 cm³/mol. The standard InChI is InChI=1S/C6H5N3S/c10-5-3-7-4-9-2-1-8-6(5)9/h1-4,10H. The van der Waals surface area contributed by atoms with Crippen LogP contribution in [0.15, 0.2) is 29.8 Å². The van der Waals surface area contributed by atoms with Crippen LogP contribution in [0.3, 0.4) is 0 Å². The molecule has 0 aromatic carbocycles. The van der Waals surface area contributed by atoms with Crippen LogP contribution >= 0.6 is 12.6 Å². The highest BCUT2D eigenvalue weighted by atomic mass is 32.1. The Morgan fingerprint density at radius 1 is 1.50 bits per heavy atom. The lowest BCUT2D eigenvalue weighted by molar-refractivity contribution is 1.05. The fourth-order valence-electron chi connectivity index (χ4n) is 0.838. The van der Waals surface area contributed by atoms with E-state index in [4.69, 9.17) is 0 Å². The number of aromatic nitrogens is 3. The van der Waals surface area contributed by atoms with Crippen LogP contribution in [0.1, 0.15) is 0 Å². The number of hydrogen-bond acceptors (Lipinski definition) is 3. The first-order chi connectivity index (χ1) is 4.88. The van der Waals surface area contributed by atoms with E-state index in [1.165, 1.54) is 0 Å². The smallest absolute Gasteiger partial charge is 0.152 e. The average molecular weight is 151 g/mol. The van der Waals surface area contributed by atoms with Gasteiger partial charge in [0.15, 0.2) is 5.65 Å². The molecular weight excluding hydrogens is 146 g/mol. The minimum Gasteiger partial charge on any atom is -0.290 e. The molecule has 0 atom stereocenters. The molecule has 0 radical (unpaired) electrons. The second-order valence-corrected chi connectivity index (χ2v) is 2.42. The van der Waals surface area contributed by atoms with Crippen molar-refractivity contribution in [2.45, 2.75) is 4.90 Å². The fourth-order valence-corrected chi connectivity index (χ4v) is 1.08. The van der Waals surface area contributed by atoms with Crippen molar-refractivity contribution in [2.24, 2.45) is 0 Å². The van der Waals surface area contributed by atoms with E-state index in [0.717, 1.165) is 10.5 Å². The molecule has 0 saturated heterocycles. The molecule has 0 aliphatic heterocycles. The molecule has 4 heteroatoms. The summed E-state index contributed by atoms with van der Waals surface area (Å²) in [5.74, 6) is 0. The zero-order valence-electron chi connectivity index (χ0n) is 5.10. The Hall–Kier alpha value is -1.03. The third-order valence-corrected chi connectivity index (χ3v) is 1.60. The Morgan fingerprint density at radius 2 is 2.40 bits per heavy atom. The highest BCUT2D eigenvalue weighted by Crippen LogP contribution is 2.09. The number of hydrogen-bond donors (Lipinski definition) is 1. The van der Waals surface area contributed by atoms with Crippen molar-refractivity contribution in [1.29, 1.82) is 0 Å². The summed E-state index contributed by atoms with van der Waals surface area (Å²) in [4.78, 5) is 8.79. The van der Waals surface area contributed by atoms with E-state index in [1.807, 2.05) is 10.6 Å². The molecule has 50 valence electrons. The van der Waals surface area contributed by atoms with Crippen molar-refractivity contribution in [3.63, 3.8) is 0 Å². The first-order valence-corrected chi connectivity index (χ1v) is 3.28. The van der Waals surface area contributed by atoms with Crippen LogP contribution in [-0.2, 0) is 0 Å². The SMILES string of the molecule is Sc1cncn2ccnc12. The van der Waals surface area contributed by atoms with Crippen molar-refractivity contribution in [1.82, 2.24) is 14.4 Å². The Morgan fingerprint density at radius 3 is 3.20 bits per heavy atom. The van der Waals surface area contributed by atoms with Crippen molar-refractivity contribution < 1.29 is 0 Å². The molecule has 0 spiro atoms. The summed E-state index contributed by atoms with van der Waals surface area (Å²) in [6.07, 6.45) is 6.92. The molecule has 2 aromatic rings. The molecule has 0 aliphatic rings. The number of thiol groups is 1. The molecule has 0 N–H and O–H groups in total. The molecule has 0 amide bonds. The molecule has 0 fully saturated rings. The summed E-state index contributed by atoms with van der Waals surface area (Å²) in [5, 5.41) is 0. The quantitative estimate of drug-likeness (QED) is 0.570. The topological polar surface area (TPSA) is 30.2 Å². The maximum absolute atomic E-state index is 4.17.